The van der Waals surface area contributed by atoms with Gasteiger partial charge in [-0.15, -0.1) is 0 Å². The summed E-state index contributed by atoms with van der Waals surface area (Å²) in [7, 11) is 0. The van der Waals surface area contributed by atoms with Crippen LogP contribution in [-0.4, -0.2) is 21.1 Å². The normalized spacial score (nSPS) is 12.0. The molecule has 0 aliphatic rings. The lowest BCUT2D eigenvalue weighted by atomic mass is 10.1. The minimum atomic E-state index is -0.270. The zero-order chi connectivity index (χ0) is 15.4. The van der Waals surface area contributed by atoms with Crippen molar-refractivity contribution in [3.8, 4) is 0 Å². The van der Waals surface area contributed by atoms with Crippen LogP contribution in [0.4, 0.5) is 5.69 Å². The van der Waals surface area contributed by atoms with E-state index in [4.69, 9.17) is 0 Å². The molecule has 1 unspecified atom stereocenters. The molecule has 5 heteroatoms. The molecule has 0 fully saturated rings. The van der Waals surface area contributed by atoms with E-state index in [1.54, 1.807) is 18.5 Å². The number of hydrogen-bond donors (Lipinski definition) is 1. The minimum absolute atomic E-state index is 0.0623. The molecule has 110 valence electrons. The second-order valence-corrected chi connectivity index (χ2v) is 6.15. The molecule has 0 aliphatic carbocycles. The van der Waals surface area contributed by atoms with Gasteiger partial charge in [-0.2, -0.15) is 0 Å². The monoisotopic (exact) mass is 309 g/mol. The zero-order valence-corrected chi connectivity index (χ0v) is 12.9. The molecular weight excluding hydrogens is 294 g/mol. The first-order chi connectivity index (χ1) is 10.7. The molecule has 0 saturated carbocycles. The molecule has 0 aliphatic heterocycles. The molecule has 3 rings (SSSR count). The SMILES string of the molecule is CC(Sc1ncccn1)C(=O)Nc1ccc2ccccc2c1. The van der Waals surface area contributed by atoms with Crippen LogP contribution in [0.15, 0.2) is 66.1 Å². The molecule has 0 saturated heterocycles. The third-order valence-corrected chi connectivity index (χ3v) is 4.20. The van der Waals surface area contributed by atoms with E-state index in [1.807, 2.05) is 49.4 Å². The number of amides is 1. The van der Waals surface area contributed by atoms with E-state index in [1.165, 1.54) is 11.8 Å². The zero-order valence-electron chi connectivity index (χ0n) is 12.1. The lowest BCUT2D eigenvalue weighted by Gasteiger charge is -2.11. The van der Waals surface area contributed by atoms with Crippen LogP contribution in [0, 0.1) is 0 Å². The van der Waals surface area contributed by atoms with Gasteiger partial charge in [0.1, 0.15) is 0 Å². The first-order valence-corrected chi connectivity index (χ1v) is 7.84. The van der Waals surface area contributed by atoms with E-state index in [0.717, 1.165) is 16.5 Å². The van der Waals surface area contributed by atoms with Gasteiger partial charge in [0.25, 0.3) is 0 Å². The molecule has 3 aromatic rings. The number of nitrogens with one attached hydrogen (secondary N) is 1. The number of nitrogens with zero attached hydrogens (tertiary/aromatic N) is 2. The Labute approximate surface area is 133 Å². The predicted octanol–water partition coefficient (Wildman–Crippen LogP) is 3.75. The highest BCUT2D eigenvalue weighted by atomic mass is 32.2. The lowest BCUT2D eigenvalue weighted by Crippen LogP contribution is -2.22. The number of thioether (sulfide) groups is 1. The first kappa shape index (κ1) is 14.5. The van der Waals surface area contributed by atoms with E-state index >= 15 is 0 Å². The van der Waals surface area contributed by atoms with Crippen LogP contribution < -0.4 is 5.32 Å². The highest BCUT2D eigenvalue weighted by molar-refractivity contribution is 8.00. The van der Waals surface area contributed by atoms with Crippen LogP contribution >= 0.6 is 11.8 Å². The van der Waals surface area contributed by atoms with E-state index in [-0.39, 0.29) is 11.2 Å². The van der Waals surface area contributed by atoms with E-state index < -0.39 is 0 Å². The summed E-state index contributed by atoms with van der Waals surface area (Å²) in [4.78, 5) is 20.5. The maximum atomic E-state index is 12.3. The molecule has 1 heterocycles. The van der Waals surface area contributed by atoms with E-state index in [2.05, 4.69) is 15.3 Å². The first-order valence-electron chi connectivity index (χ1n) is 6.96. The van der Waals surface area contributed by atoms with Gasteiger partial charge in [0.2, 0.25) is 5.91 Å². The molecule has 1 atom stereocenters. The highest BCUT2D eigenvalue weighted by Gasteiger charge is 2.15. The molecule has 4 nitrogen and oxygen atoms in total. The van der Waals surface area contributed by atoms with Crippen LogP contribution in [0.5, 0.6) is 0 Å². The third-order valence-electron chi connectivity index (χ3n) is 3.21. The van der Waals surface area contributed by atoms with Crippen LogP contribution in [0.3, 0.4) is 0 Å². The maximum Gasteiger partial charge on any atom is 0.237 e. The molecular formula is C17H15N3OS. The van der Waals surface area contributed by atoms with Crippen LogP contribution in [0.25, 0.3) is 10.8 Å². The molecule has 22 heavy (non-hydrogen) atoms. The quantitative estimate of drug-likeness (QED) is 0.589. The summed E-state index contributed by atoms with van der Waals surface area (Å²) in [6.07, 6.45) is 3.34. The van der Waals surface area contributed by atoms with Crippen molar-refractivity contribution in [2.45, 2.75) is 17.3 Å². The number of rotatable bonds is 4. The van der Waals surface area contributed by atoms with Crippen molar-refractivity contribution in [3.63, 3.8) is 0 Å². The topological polar surface area (TPSA) is 54.9 Å². The summed E-state index contributed by atoms with van der Waals surface area (Å²) in [6, 6.07) is 15.7. The second-order valence-electron chi connectivity index (χ2n) is 4.84. The van der Waals surface area contributed by atoms with Gasteiger partial charge in [0, 0.05) is 18.1 Å². The number of carbonyl (C=O) groups excluding carboxylic acids is 1. The van der Waals surface area contributed by atoms with Crippen LogP contribution in [-0.2, 0) is 4.79 Å². The standard InChI is InChI=1S/C17H15N3OS/c1-12(22-17-18-9-4-10-19-17)16(21)20-15-8-7-13-5-2-3-6-14(13)11-15/h2-12H,1H3,(H,20,21). The maximum absolute atomic E-state index is 12.3. The summed E-state index contributed by atoms with van der Waals surface area (Å²) in [5, 5.41) is 5.53. The number of benzene rings is 2. The Kier molecular flexibility index (Phi) is 4.34. The Bertz CT molecular complexity index is 792. The fraction of sp³-hybridized carbons (Fsp3) is 0.118. The van der Waals surface area contributed by atoms with Gasteiger partial charge in [-0.1, -0.05) is 42.1 Å². The van der Waals surface area contributed by atoms with E-state index in [0.29, 0.717) is 5.16 Å². The van der Waals surface area contributed by atoms with Crippen molar-refractivity contribution < 1.29 is 4.79 Å². The van der Waals surface area contributed by atoms with Gasteiger partial charge in [-0.05, 0) is 35.9 Å². The van der Waals surface area contributed by atoms with Gasteiger partial charge in [-0.3, -0.25) is 4.79 Å². The number of aromatic nitrogens is 2. The highest BCUT2D eigenvalue weighted by Crippen LogP contribution is 2.22. The molecule has 1 amide bonds. The Hall–Kier alpha value is -2.40. The minimum Gasteiger partial charge on any atom is -0.325 e. The summed E-state index contributed by atoms with van der Waals surface area (Å²) < 4.78 is 0. The number of carbonyl (C=O) groups is 1. The van der Waals surface area contributed by atoms with Gasteiger partial charge < -0.3 is 5.32 Å². The molecule has 0 radical (unpaired) electrons. The van der Waals surface area contributed by atoms with Gasteiger partial charge in [0.05, 0.1) is 5.25 Å². The summed E-state index contributed by atoms with van der Waals surface area (Å²) in [6.45, 7) is 1.84. The average Bonchev–Trinajstić information content (AvgIpc) is 2.55. The largest absolute Gasteiger partial charge is 0.325 e. The van der Waals surface area contributed by atoms with Crippen LogP contribution in [0.1, 0.15) is 6.92 Å². The van der Waals surface area contributed by atoms with Crippen molar-refractivity contribution in [2.75, 3.05) is 5.32 Å². The van der Waals surface area contributed by atoms with E-state index in [9.17, 15) is 4.79 Å². The second kappa shape index (κ2) is 6.58. The number of anilines is 1. The third kappa shape index (κ3) is 3.43. The van der Waals surface area contributed by atoms with Gasteiger partial charge >= 0.3 is 0 Å². The van der Waals surface area contributed by atoms with Crippen LogP contribution in [0.2, 0.25) is 0 Å². The van der Waals surface area contributed by atoms with Crippen molar-refractivity contribution in [1.29, 1.82) is 0 Å². The van der Waals surface area contributed by atoms with Crippen molar-refractivity contribution in [1.82, 2.24) is 9.97 Å². The van der Waals surface area contributed by atoms with Crippen molar-refractivity contribution >= 4 is 34.1 Å². The van der Waals surface area contributed by atoms with Gasteiger partial charge in [0.15, 0.2) is 5.16 Å². The fourth-order valence-electron chi connectivity index (χ4n) is 2.07. The van der Waals surface area contributed by atoms with Gasteiger partial charge in [-0.25, -0.2) is 9.97 Å². The number of fused-ring (bicyclic) bond motifs is 1. The Balaban J connectivity index is 1.69. The molecule has 1 aromatic heterocycles. The molecule has 1 N–H and O–H groups in total. The summed E-state index contributed by atoms with van der Waals surface area (Å²) >= 11 is 1.34. The molecule has 2 aromatic carbocycles. The Morgan fingerprint density at radius 1 is 1.05 bits per heavy atom. The molecule has 0 spiro atoms. The van der Waals surface area contributed by atoms with Crippen molar-refractivity contribution in [3.05, 3.63) is 60.9 Å². The summed E-state index contributed by atoms with van der Waals surface area (Å²) in [5.41, 5.74) is 0.796. The molecule has 0 bridgehead atoms. The smallest absolute Gasteiger partial charge is 0.237 e. The Morgan fingerprint density at radius 2 is 1.77 bits per heavy atom. The average molecular weight is 309 g/mol. The summed E-state index contributed by atoms with van der Waals surface area (Å²) in [5.74, 6) is -0.0623. The predicted molar refractivity (Wildman–Crippen MR) is 89.9 cm³/mol. The lowest BCUT2D eigenvalue weighted by molar-refractivity contribution is -0.115. The Morgan fingerprint density at radius 3 is 2.55 bits per heavy atom. The fourth-order valence-corrected chi connectivity index (χ4v) is 2.79. The number of hydrogen-bond acceptors (Lipinski definition) is 4. The van der Waals surface area contributed by atoms with Crippen molar-refractivity contribution in [2.24, 2.45) is 0 Å².